The van der Waals surface area contributed by atoms with Crippen molar-refractivity contribution in [1.29, 1.82) is 0 Å². The Labute approximate surface area is 80.1 Å². The van der Waals surface area contributed by atoms with E-state index in [2.05, 4.69) is 0 Å². The van der Waals surface area contributed by atoms with Crippen molar-refractivity contribution in [3.05, 3.63) is 42.0 Å². The van der Waals surface area contributed by atoms with Gasteiger partial charge >= 0.3 is 5.97 Å². The Hall–Kier alpha value is -2.10. The Kier molecular flexibility index (Phi) is 3.01. The Morgan fingerprint density at radius 2 is 1.64 bits per heavy atom. The number of hydrogen-bond acceptors (Lipinski definition) is 3. The maximum Gasteiger partial charge on any atom is 0.376 e. The normalized spacial score (nSPS) is 11.0. The summed E-state index contributed by atoms with van der Waals surface area (Å²) in [5.74, 6) is -3.09. The van der Waals surface area contributed by atoms with Crippen LogP contribution < -0.4 is 0 Å². The van der Waals surface area contributed by atoms with Crippen LogP contribution in [-0.4, -0.2) is 22.0 Å². The molecule has 0 heterocycles. The smallest absolute Gasteiger partial charge is 0.376 e. The first-order valence-electron chi connectivity index (χ1n) is 3.84. The zero-order chi connectivity index (χ0) is 10.6. The fraction of sp³-hybridized carbons (Fsp3) is 0. The van der Waals surface area contributed by atoms with E-state index < -0.39 is 11.8 Å². The summed E-state index contributed by atoms with van der Waals surface area (Å²) in [5.41, 5.74) is 0.405. The van der Waals surface area contributed by atoms with Gasteiger partial charge in [-0.1, -0.05) is 30.3 Å². The predicted molar refractivity (Wildman–Crippen MR) is 49.7 cm³/mol. The number of aliphatic hydroxyl groups is 1. The Bertz CT molecular complexity index is 378. The Balaban J connectivity index is 2.91. The molecule has 1 aromatic carbocycles. The number of carboxylic acids is 1. The lowest BCUT2D eigenvalue weighted by molar-refractivity contribution is -0.146. The van der Waals surface area contributed by atoms with Gasteiger partial charge in [0.15, 0.2) is 0 Å². The van der Waals surface area contributed by atoms with Crippen LogP contribution in [0.15, 0.2) is 36.4 Å². The molecule has 0 radical (unpaired) electrons. The molecular formula is C10H8O4. The van der Waals surface area contributed by atoms with Gasteiger partial charge in [0, 0.05) is 11.6 Å². The number of carboxylic acid groups (broad SMARTS) is 1. The van der Waals surface area contributed by atoms with Crippen molar-refractivity contribution in [1.82, 2.24) is 0 Å². The van der Waals surface area contributed by atoms with Gasteiger partial charge in [0.2, 0.25) is 0 Å². The van der Waals surface area contributed by atoms with Crippen LogP contribution in [0, 0.1) is 0 Å². The largest absolute Gasteiger partial charge is 0.507 e. The number of ketones is 1. The Morgan fingerprint density at radius 1 is 1.07 bits per heavy atom. The van der Waals surface area contributed by atoms with Crippen molar-refractivity contribution >= 4 is 17.5 Å². The summed E-state index contributed by atoms with van der Waals surface area (Å²) in [6.07, 6.45) is 0.678. The fourth-order valence-corrected chi connectivity index (χ4v) is 0.878. The second-order valence-corrected chi connectivity index (χ2v) is 2.57. The van der Waals surface area contributed by atoms with Crippen LogP contribution in [0.25, 0.3) is 5.76 Å². The van der Waals surface area contributed by atoms with Gasteiger partial charge in [0.1, 0.15) is 5.76 Å². The van der Waals surface area contributed by atoms with Crippen LogP contribution in [-0.2, 0) is 9.59 Å². The highest BCUT2D eigenvalue weighted by atomic mass is 16.4. The molecule has 2 N–H and O–H groups in total. The molecule has 14 heavy (non-hydrogen) atoms. The minimum atomic E-state index is -1.59. The molecule has 0 aliphatic carbocycles. The molecule has 0 atom stereocenters. The van der Waals surface area contributed by atoms with Gasteiger partial charge in [-0.05, 0) is 0 Å². The fourth-order valence-electron chi connectivity index (χ4n) is 0.878. The van der Waals surface area contributed by atoms with Crippen molar-refractivity contribution in [2.75, 3.05) is 0 Å². The molecule has 0 fully saturated rings. The van der Waals surface area contributed by atoms with E-state index in [4.69, 9.17) is 5.11 Å². The van der Waals surface area contributed by atoms with Crippen molar-refractivity contribution in [2.45, 2.75) is 0 Å². The molecule has 0 aromatic heterocycles. The minimum absolute atomic E-state index is 0.349. The average molecular weight is 192 g/mol. The first kappa shape index (κ1) is 9.98. The maximum absolute atomic E-state index is 10.7. The quantitative estimate of drug-likeness (QED) is 0.429. The zero-order valence-electron chi connectivity index (χ0n) is 7.18. The van der Waals surface area contributed by atoms with Crippen molar-refractivity contribution in [2.24, 2.45) is 0 Å². The van der Waals surface area contributed by atoms with E-state index in [0.717, 1.165) is 0 Å². The summed E-state index contributed by atoms with van der Waals surface area (Å²) in [5, 5.41) is 17.6. The maximum atomic E-state index is 10.7. The monoisotopic (exact) mass is 192 g/mol. The number of carbonyl (C=O) groups excluding carboxylic acids is 1. The number of aliphatic carboxylic acids is 1. The standard InChI is InChI=1S/C10H8O4/c11-8(6-9(12)10(13)14)7-4-2-1-3-5-7/h1-6,11H,(H,13,14)/b8-6-. The summed E-state index contributed by atoms with van der Waals surface area (Å²) in [4.78, 5) is 20.9. The van der Waals surface area contributed by atoms with E-state index in [1.165, 1.54) is 0 Å². The van der Waals surface area contributed by atoms with Crippen molar-refractivity contribution < 1.29 is 19.8 Å². The molecular weight excluding hydrogens is 184 g/mol. The van der Waals surface area contributed by atoms with Crippen LogP contribution in [0.4, 0.5) is 0 Å². The molecule has 4 heteroatoms. The molecule has 0 amide bonds. The van der Waals surface area contributed by atoms with Crippen LogP contribution >= 0.6 is 0 Å². The lowest BCUT2D eigenvalue weighted by Gasteiger charge is -1.97. The molecule has 4 nitrogen and oxygen atoms in total. The molecule has 0 saturated heterocycles. The van der Waals surface area contributed by atoms with Crippen molar-refractivity contribution in [3.63, 3.8) is 0 Å². The van der Waals surface area contributed by atoms with E-state index in [-0.39, 0.29) is 5.76 Å². The molecule has 0 bridgehead atoms. The van der Waals surface area contributed by atoms with Gasteiger partial charge < -0.3 is 10.2 Å². The summed E-state index contributed by atoms with van der Waals surface area (Å²) in [6, 6.07) is 8.23. The SMILES string of the molecule is O=C(O)C(=O)/C=C(\O)c1ccccc1. The topological polar surface area (TPSA) is 74.6 Å². The van der Waals surface area contributed by atoms with Crippen LogP contribution in [0.1, 0.15) is 5.56 Å². The minimum Gasteiger partial charge on any atom is -0.507 e. The van der Waals surface area contributed by atoms with Gasteiger partial charge in [-0.3, -0.25) is 4.79 Å². The molecule has 0 unspecified atom stereocenters. The van der Waals surface area contributed by atoms with E-state index in [1.54, 1.807) is 30.3 Å². The van der Waals surface area contributed by atoms with Gasteiger partial charge in [-0.2, -0.15) is 0 Å². The zero-order valence-corrected chi connectivity index (χ0v) is 7.18. The third-order valence-corrected chi connectivity index (χ3v) is 1.55. The Morgan fingerprint density at radius 3 is 2.14 bits per heavy atom. The van der Waals surface area contributed by atoms with Gasteiger partial charge in [-0.15, -0.1) is 0 Å². The number of rotatable bonds is 3. The first-order chi connectivity index (χ1) is 6.61. The number of aliphatic hydroxyl groups excluding tert-OH is 1. The molecule has 0 saturated carbocycles. The summed E-state index contributed by atoms with van der Waals surface area (Å²) in [6.45, 7) is 0. The van der Waals surface area contributed by atoms with Crippen molar-refractivity contribution in [3.8, 4) is 0 Å². The van der Waals surface area contributed by atoms with Crippen LogP contribution in [0.3, 0.4) is 0 Å². The van der Waals surface area contributed by atoms with E-state index in [9.17, 15) is 14.7 Å². The third kappa shape index (κ3) is 2.45. The lowest BCUT2D eigenvalue weighted by Crippen LogP contribution is -2.09. The van der Waals surface area contributed by atoms with E-state index in [0.29, 0.717) is 11.6 Å². The average Bonchev–Trinajstić information content (AvgIpc) is 2.19. The molecule has 0 aliphatic heterocycles. The highest BCUT2D eigenvalue weighted by Gasteiger charge is 2.09. The lowest BCUT2D eigenvalue weighted by atomic mass is 10.1. The van der Waals surface area contributed by atoms with Crippen LogP contribution in [0.2, 0.25) is 0 Å². The summed E-state index contributed by atoms with van der Waals surface area (Å²) in [7, 11) is 0. The molecule has 72 valence electrons. The molecule has 1 aromatic rings. The predicted octanol–water partition coefficient (Wildman–Crippen LogP) is 1.24. The third-order valence-electron chi connectivity index (χ3n) is 1.55. The number of benzene rings is 1. The highest BCUT2D eigenvalue weighted by molar-refractivity contribution is 6.38. The molecule has 0 spiro atoms. The summed E-state index contributed by atoms with van der Waals surface area (Å²) < 4.78 is 0. The highest BCUT2D eigenvalue weighted by Crippen LogP contribution is 2.09. The number of hydrogen-bond donors (Lipinski definition) is 2. The van der Waals surface area contributed by atoms with Gasteiger partial charge in [-0.25, -0.2) is 4.79 Å². The van der Waals surface area contributed by atoms with Crippen LogP contribution in [0.5, 0.6) is 0 Å². The summed E-state index contributed by atoms with van der Waals surface area (Å²) >= 11 is 0. The van der Waals surface area contributed by atoms with Gasteiger partial charge in [0.05, 0.1) is 0 Å². The van der Waals surface area contributed by atoms with E-state index >= 15 is 0 Å². The molecule has 1 rings (SSSR count). The van der Waals surface area contributed by atoms with E-state index in [1.807, 2.05) is 0 Å². The second kappa shape index (κ2) is 4.23. The first-order valence-corrected chi connectivity index (χ1v) is 3.84. The molecule has 0 aliphatic rings. The van der Waals surface area contributed by atoms with Gasteiger partial charge in [0.25, 0.3) is 5.78 Å². The second-order valence-electron chi connectivity index (χ2n) is 2.57. The number of carbonyl (C=O) groups is 2.